The van der Waals surface area contributed by atoms with Gasteiger partial charge in [-0.2, -0.15) is 5.26 Å². The van der Waals surface area contributed by atoms with Crippen molar-refractivity contribution >= 4 is 73.5 Å². The first-order valence-electron chi connectivity index (χ1n) is 14.1. The molecule has 0 aliphatic heterocycles. The zero-order valence-corrected chi connectivity index (χ0v) is 27.8. The van der Waals surface area contributed by atoms with Gasteiger partial charge in [-0.05, 0) is 66.6 Å². The van der Waals surface area contributed by atoms with Crippen LogP contribution in [0.15, 0.2) is 124 Å². The minimum Gasteiger partial charge on any atom is -0.321 e. The van der Waals surface area contributed by atoms with Gasteiger partial charge in [0.2, 0.25) is 5.91 Å². The molecule has 0 bridgehead atoms. The summed E-state index contributed by atoms with van der Waals surface area (Å²) in [5, 5.41) is 20.6. The topological polar surface area (TPSA) is 111 Å². The van der Waals surface area contributed by atoms with Gasteiger partial charge in [-0.3, -0.25) is 14.4 Å². The van der Waals surface area contributed by atoms with Gasteiger partial charge in [0, 0.05) is 31.6 Å². The summed E-state index contributed by atoms with van der Waals surface area (Å²) in [7, 11) is 0. The quantitative estimate of drug-likeness (QED) is 0.0996. The normalized spacial score (nSPS) is 10.9. The van der Waals surface area contributed by atoms with Gasteiger partial charge < -0.3 is 16.0 Å². The van der Waals surface area contributed by atoms with Crippen molar-refractivity contribution in [3.05, 3.63) is 141 Å². The summed E-state index contributed by atoms with van der Waals surface area (Å²) < 4.78 is 0.889. The number of hydrogen-bond acceptors (Lipinski definition) is 6. The maximum absolute atomic E-state index is 13.4. The Morgan fingerprint density at radius 3 is 2.37 bits per heavy atom. The van der Waals surface area contributed by atoms with E-state index in [1.165, 1.54) is 23.1 Å². The number of benzene rings is 4. The largest absolute Gasteiger partial charge is 0.321 e. The number of nitrogens with zero attached hydrogens (tertiary/aromatic N) is 1. The third-order valence-electron chi connectivity index (χ3n) is 6.69. The fraction of sp³-hybridized carbons (Fsp3) is 0.0556. The summed E-state index contributed by atoms with van der Waals surface area (Å²) in [4.78, 5) is 39.9. The van der Waals surface area contributed by atoms with Crippen LogP contribution in [0.25, 0.3) is 17.2 Å². The molecular formula is C36H27BrN4O3S2. The van der Waals surface area contributed by atoms with Crippen LogP contribution in [0, 0.1) is 18.3 Å². The Hall–Kier alpha value is -4.95. The average Bonchev–Trinajstić information content (AvgIpc) is 3.47. The maximum atomic E-state index is 13.4. The molecule has 0 spiro atoms. The van der Waals surface area contributed by atoms with Crippen molar-refractivity contribution in [2.45, 2.75) is 11.8 Å². The molecule has 0 radical (unpaired) electrons. The number of rotatable bonds is 10. The molecule has 0 aliphatic rings. The van der Waals surface area contributed by atoms with Gasteiger partial charge in [0.25, 0.3) is 11.8 Å². The Bertz CT molecular complexity index is 1950. The second kappa shape index (κ2) is 15.4. The number of carbonyl (C=O) groups is 3. The first-order valence-corrected chi connectivity index (χ1v) is 16.7. The molecule has 5 aromatic rings. The Kier molecular flexibility index (Phi) is 10.8. The van der Waals surface area contributed by atoms with Gasteiger partial charge in [0.1, 0.15) is 16.8 Å². The summed E-state index contributed by atoms with van der Waals surface area (Å²) in [6, 6.07) is 33.2. The molecule has 1 aromatic heterocycles. The number of aryl methyl sites for hydroxylation is 1. The maximum Gasteiger partial charge on any atom is 0.272 e. The van der Waals surface area contributed by atoms with E-state index in [1.54, 1.807) is 48.5 Å². The standard InChI is InChI=1S/C36H27BrN4O3S2/c1-23-10-14-25(15-11-23)31-21-46-36(30(31)20-38)41-33(42)22-45-29-9-5-8-28(19-29)39-35(44)32(18-24-12-16-27(37)17-13-24)40-34(43)26-6-3-2-4-7-26/h2-19,21H,22H2,1H3,(H,39,44)(H,40,43)(H,41,42)/b32-18+. The number of nitrogens with one attached hydrogen (secondary N) is 3. The molecule has 1 heterocycles. The minimum absolute atomic E-state index is 0.0721. The van der Waals surface area contributed by atoms with Crippen LogP contribution in [0.5, 0.6) is 0 Å². The van der Waals surface area contributed by atoms with E-state index >= 15 is 0 Å². The monoisotopic (exact) mass is 706 g/mol. The highest BCUT2D eigenvalue weighted by Crippen LogP contribution is 2.35. The predicted molar refractivity (Wildman–Crippen MR) is 190 cm³/mol. The van der Waals surface area contributed by atoms with Crippen LogP contribution < -0.4 is 16.0 Å². The van der Waals surface area contributed by atoms with E-state index in [0.717, 1.165) is 31.6 Å². The Labute approximate surface area is 283 Å². The van der Waals surface area contributed by atoms with Crippen molar-refractivity contribution in [2.75, 3.05) is 16.4 Å². The number of thioether (sulfide) groups is 1. The summed E-state index contributed by atoms with van der Waals surface area (Å²) in [6.07, 6.45) is 1.61. The van der Waals surface area contributed by atoms with Crippen LogP contribution in [-0.4, -0.2) is 23.5 Å². The number of carbonyl (C=O) groups excluding carboxylic acids is 3. The third-order valence-corrected chi connectivity index (χ3v) is 9.11. The van der Waals surface area contributed by atoms with E-state index in [9.17, 15) is 19.6 Å². The van der Waals surface area contributed by atoms with E-state index in [1.807, 2.05) is 73.0 Å². The van der Waals surface area contributed by atoms with Crippen LogP contribution in [0.4, 0.5) is 10.7 Å². The van der Waals surface area contributed by atoms with Crippen LogP contribution in [0.1, 0.15) is 27.0 Å². The molecule has 0 saturated heterocycles. The zero-order chi connectivity index (χ0) is 32.5. The predicted octanol–water partition coefficient (Wildman–Crippen LogP) is 8.50. The summed E-state index contributed by atoms with van der Waals surface area (Å²) in [5.74, 6) is -1.07. The molecule has 7 nitrogen and oxygen atoms in total. The number of thiophene rings is 1. The molecule has 0 fully saturated rings. The molecule has 0 atom stereocenters. The Morgan fingerprint density at radius 2 is 1.65 bits per heavy atom. The zero-order valence-electron chi connectivity index (χ0n) is 24.5. The SMILES string of the molecule is Cc1ccc(-c2csc(NC(=O)CSc3cccc(NC(=O)/C(=C\c4ccc(Br)cc4)NC(=O)c4ccccc4)c3)c2C#N)cc1. The van der Waals surface area contributed by atoms with Crippen molar-refractivity contribution in [1.82, 2.24) is 5.32 Å². The van der Waals surface area contributed by atoms with E-state index in [-0.39, 0.29) is 17.4 Å². The first kappa shape index (κ1) is 32.4. The molecular weight excluding hydrogens is 680 g/mol. The molecule has 5 rings (SSSR count). The molecule has 0 unspecified atom stereocenters. The van der Waals surface area contributed by atoms with E-state index in [2.05, 4.69) is 37.9 Å². The fourth-order valence-corrected chi connectivity index (χ4v) is 6.30. The molecule has 46 heavy (non-hydrogen) atoms. The van der Waals surface area contributed by atoms with Gasteiger partial charge in [-0.1, -0.05) is 82.2 Å². The molecule has 3 N–H and O–H groups in total. The van der Waals surface area contributed by atoms with Gasteiger partial charge >= 0.3 is 0 Å². The molecule has 3 amide bonds. The molecule has 228 valence electrons. The third kappa shape index (κ3) is 8.61. The van der Waals surface area contributed by atoms with Crippen molar-refractivity contribution in [1.29, 1.82) is 5.26 Å². The molecule has 0 aliphatic carbocycles. The van der Waals surface area contributed by atoms with Crippen molar-refractivity contribution in [3.63, 3.8) is 0 Å². The number of nitriles is 1. The Balaban J connectivity index is 1.25. The molecule has 10 heteroatoms. The molecule has 0 saturated carbocycles. The second-order valence-corrected chi connectivity index (χ2v) is 12.9. The number of hydrogen-bond donors (Lipinski definition) is 3. The fourth-order valence-electron chi connectivity index (χ4n) is 4.35. The highest BCUT2D eigenvalue weighted by molar-refractivity contribution is 9.10. The lowest BCUT2D eigenvalue weighted by molar-refractivity contribution is -0.114. The summed E-state index contributed by atoms with van der Waals surface area (Å²) >= 11 is 6.02. The summed E-state index contributed by atoms with van der Waals surface area (Å²) in [6.45, 7) is 2.00. The lowest BCUT2D eigenvalue weighted by Crippen LogP contribution is -2.30. The lowest BCUT2D eigenvalue weighted by Gasteiger charge is -2.12. The number of anilines is 2. The van der Waals surface area contributed by atoms with Crippen LogP contribution in [-0.2, 0) is 9.59 Å². The van der Waals surface area contributed by atoms with Gasteiger partial charge in [-0.15, -0.1) is 23.1 Å². The molecule has 4 aromatic carbocycles. The highest BCUT2D eigenvalue weighted by Gasteiger charge is 2.17. The average molecular weight is 708 g/mol. The van der Waals surface area contributed by atoms with E-state index in [4.69, 9.17) is 0 Å². The smallest absolute Gasteiger partial charge is 0.272 e. The van der Waals surface area contributed by atoms with Crippen LogP contribution in [0.3, 0.4) is 0 Å². The Morgan fingerprint density at radius 1 is 0.913 bits per heavy atom. The van der Waals surface area contributed by atoms with Crippen molar-refractivity contribution in [2.24, 2.45) is 0 Å². The minimum atomic E-state index is -0.502. The van der Waals surface area contributed by atoms with Crippen LogP contribution >= 0.6 is 39.0 Å². The van der Waals surface area contributed by atoms with E-state index < -0.39 is 11.8 Å². The van der Waals surface area contributed by atoms with Gasteiger partial charge in [0.05, 0.1) is 11.3 Å². The number of amides is 3. The van der Waals surface area contributed by atoms with Crippen molar-refractivity contribution < 1.29 is 14.4 Å². The van der Waals surface area contributed by atoms with Gasteiger partial charge in [-0.25, -0.2) is 0 Å². The number of halogens is 1. The highest BCUT2D eigenvalue weighted by atomic mass is 79.9. The van der Waals surface area contributed by atoms with E-state index in [0.29, 0.717) is 21.8 Å². The van der Waals surface area contributed by atoms with Crippen molar-refractivity contribution in [3.8, 4) is 17.2 Å². The second-order valence-electron chi connectivity index (χ2n) is 10.1. The van der Waals surface area contributed by atoms with Gasteiger partial charge in [0.15, 0.2) is 0 Å². The first-order chi connectivity index (χ1) is 22.3. The lowest BCUT2D eigenvalue weighted by atomic mass is 10.0. The summed E-state index contributed by atoms with van der Waals surface area (Å²) in [5.41, 5.74) is 4.98. The van der Waals surface area contributed by atoms with Crippen LogP contribution in [0.2, 0.25) is 0 Å².